The lowest BCUT2D eigenvalue weighted by Gasteiger charge is -2.10. The lowest BCUT2D eigenvalue weighted by molar-refractivity contribution is 0.0601. The molecule has 0 aliphatic carbocycles. The average Bonchev–Trinajstić information content (AvgIpc) is 2.47. The lowest BCUT2D eigenvalue weighted by atomic mass is 10.2. The van der Waals surface area contributed by atoms with E-state index in [9.17, 15) is 4.79 Å². The van der Waals surface area contributed by atoms with Crippen LogP contribution in [0.15, 0.2) is 36.4 Å². The molecule has 2 rings (SSSR count). The van der Waals surface area contributed by atoms with Crippen molar-refractivity contribution in [2.24, 2.45) is 0 Å². The van der Waals surface area contributed by atoms with Gasteiger partial charge in [0, 0.05) is 22.3 Å². The van der Waals surface area contributed by atoms with E-state index >= 15 is 0 Å². The molecule has 2 aromatic carbocycles. The SMILES string of the molecule is COC(=O)c1cc(NCc2ccc(Cl)cc2Cl)ccc1Cl. The Morgan fingerprint density at radius 2 is 1.86 bits per heavy atom. The predicted molar refractivity (Wildman–Crippen MR) is 86.6 cm³/mol. The Morgan fingerprint density at radius 3 is 2.52 bits per heavy atom. The third kappa shape index (κ3) is 4.03. The highest BCUT2D eigenvalue weighted by atomic mass is 35.5. The first-order valence-electron chi connectivity index (χ1n) is 6.07. The van der Waals surface area contributed by atoms with Crippen LogP contribution >= 0.6 is 34.8 Å². The number of hydrogen-bond donors (Lipinski definition) is 1. The zero-order chi connectivity index (χ0) is 15.4. The van der Waals surface area contributed by atoms with Crippen LogP contribution in [-0.4, -0.2) is 13.1 Å². The number of carbonyl (C=O) groups is 1. The quantitative estimate of drug-likeness (QED) is 0.789. The highest BCUT2D eigenvalue weighted by Gasteiger charge is 2.11. The lowest BCUT2D eigenvalue weighted by Crippen LogP contribution is -2.05. The standard InChI is InChI=1S/C15H12Cl3NO2/c1-21-15(20)12-7-11(4-5-13(12)17)19-8-9-2-3-10(16)6-14(9)18/h2-7,19H,8H2,1H3. The van der Waals surface area contributed by atoms with Gasteiger partial charge in [-0.2, -0.15) is 0 Å². The van der Waals surface area contributed by atoms with E-state index in [0.29, 0.717) is 27.2 Å². The van der Waals surface area contributed by atoms with Gasteiger partial charge in [-0.25, -0.2) is 4.79 Å². The summed E-state index contributed by atoms with van der Waals surface area (Å²) in [6, 6.07) is 10.3. The molecule has 6 heteroatoms. The van der Waals surface area contributed by atoms with Crippen molar-refractivity contribution in [1.82, 2.24) is 0 Å². The highest BCUT2D eigenvalue weighted by Crippen LogP contribution is 2.24. The van der Waals surface area contributed by atoms with Crippen molar-refractivity contribution in [1.29, 1.82) is 0 Å². The fourth-order valence-corrected chi connectivity index (χ4v) is 2.43. The van der Waals surface area contributed by atoms with Gasteiger partial charge in [0.05, 0.1) is 17.7 Å². The molecule has 0 spiro atoms. The van der Waals surface area contributed by atoms with E-state index in [2.05, 4.69) is 10.1 Å². The van der Waals surface area contributed by atoms with Crippen molar-refractivity contribution in [2.75, 3.05) is 12.4 Å². The van der Waals surface area contributed by atoms with Crippen LogP contribution in [0.4, 0.5) is 5.69 Å². The number of hydrogen-bond acceptors (Lipinski definition) is 3. The molecule has 2 aromatic rings. The van der Waals surface area contributed by atoms with Crippen molar-refractivity contribution in [3.8, 4) is 0 Å². The van der Waals surface area contributed by atoms with Crippen LogP contribution in [-0.2, 0) is 11.3 Å². The molecular weight excluding hydrogens is 333 g/mol. The monoisotopic (exact) mass is 343 g/mol. The minimum Gasteiger partial charge on any atom is -0.465 e. The second-order valence-electron chi connectivity index (χ2n) is 4.28. The van der Waals surface area contributed by atoms with Crippen LogP contribution < -0.4 is 5.32 Å². The Hall–Kier alpha value is -1.42. The molecule has 0 unspecified atom stereocenters. The van der Waals surface area contributed by atoms with Gasteiger partial charge < -0.3 is 10.1 Å². The fraction of sp³-hybridized carbons (Fsp3) is 0.133. The summed E-state index contributed by atoms with van der Waals surface area (Å²) in [4.78, 5) is 11.6. The van der Waals surface area contributed by atoms with E-state index < -0.39 is 5.97 Å². The molecule has 0 atom stereocenters. The molecule has 21 heavy (non-hydrogen) atoms. The first-order chi connectivity index (χ1) is 10.0. The van der Waals surface area contributed by atoms with E-state index in [1.165, 1.54) is 7.11 Å². The first kappa shape index (κ1) is 16.0. The third-order valence-electron chi connectivity index (χ3n) is 2.87. The average molecular weight is 345 g/mol. The van der Waals surface area contributed by atoms with Crippen molar-refractivity contribution in [2.45, 2.75) is 6.54 Å². The maximum absolute atomic E-state index is 11.6. The molecule has 110 valence electrons. The summed E-state index contributed by atoms with van der Waals surface area (Å²) >= 11 is 17.9. The number of carbonyl (C=O) groups excluding carboxylic acids is 1. The second-order valence-corrected chi connectivity index (χ2v) is 5.53. The fourth-order valence-electron chi connectivity index (χ4n) is 1.76. The van der Waals surface area contributed by atoms with Crippen molar-refractivity contribution >= 4 is 46.5 Å². The minimum atomic E-state index is -0.479. The van der Waals surface area contributed by atoms with Gasteiger partial charge >= 0.3 is 5.97 Å². The smallest absolute Gasteiger partial charge is 0.339 e. The van der Waals surface area contributed by atoms with Gasteiger partial charge in [-0.05, 0) is 35.9 Å². The van der Waals surface area contributed by atoms with Gasteiger partial charge in [0.25, 0.3) is 0 Å². The maximum atomic E-state index is 11.6. The predicted octanol–water partition coefficient (Wildman–Crippen LogP) is 5.05. The van der Waals surface area contributed by atoms with Crippen LogP contribution in [0.1, 0.15) is 15.9 Å². The molecule has 0 saturated carbocycles. The van der Waals surface area contributed by atoms with E-state index in [-0.39, 0.29) is 0 Å². The maximum Gasteiger partial charge on any atom is 0.339 e. The Bertz CT molecular complexity index is 674. The summed E-state index contributed by atoms with van der Waals surface area (Å²) in [5.74, 6) is -0.479. The Kier molecular flexibility index (Phi) is 5.34. The van der Waals surface area contributed by atoms with E-state index in [1.807, 2.05) is 6.07 Å². The van der Waals surface area contributed by atoms with Crippen LogP contribution in [0.2, 0.25) is 15.1 Å². The van der Waals surface area contributed by atoms with Crippen LogP contribution in [0.5, 0.6) is 0 Å². The van der Waals surface area contributed by atoms with Crippen LogP contribution in [0.25, 0.3) is 0 Å². The summed E-state index contributed by atoms with van der Waals surface area (Å²) in [5, 5.41) is 4.69. The summed E-state index contributed by atoms with van der Waals surface area (Å²) in [6.07, 6.45) is 0. The number of ether oxygens (including phenoxy) is 1. The van der Waals surface area contributed by atoms with Crippen LogP contribution in [0.3, 0.4) is 0 Å². The molecule has 0 heterocycles. The molecule has 0 amide bonds. The number of methoxy groups -OCH3 is 1. The minimum absolute atomic E-state index is 0.311. The molecule has 3 nitrogen and oxygen atoms in total. The summed E-state index contributed by atoms with van der Waals surface area (Å²) in [7, 11) is 1.31. The van der Waals surface area contributed by atoms with E-state index in [1.54, 1.807) is 30.3 Å². The molecule has 0 bridgehead atoms. The number of esters is 1. The normalized spacial score (nSPS) is 10.3. The van der Waals surface area contributed by atoms with Crippen molar-refractivity contribution in [3.63, 3.8) is 0 Å². The third-order valence-corrected chi connectivity index (χ3v) is 3.79. The topological polar surface area (TPSA) is 38.3 Å². The number of benzene rings is 2. The van der Waals surface area contributed by atoms with Gasteiger partial charge in [0.2, 0.25) is 0 Å². The highest BCUT2D eigenvalue weighted by molar-refractivity contribution is 6.35. The van der Waals surface area contributed by atoms with Crippen molar-refractivity contribution < 1.29 is 9.53 Å². The van der Waals surface area contributed by atoms with Crippen molar-refractivity contribution in [3.05, 3.63) is 62.6 Å². The van der Waals surface area contributed by atoms with E-state index in [0.717, 1.165) is 11.3 Å². The molecule has 1 N–H and O–H groups in total. The Balaban J connectivity index is 2.15. The molecule has 0 fully saturated rings. The Labute approximate surface area is 137 Å². The number of rotatable bonds is 4. The van der Waals surface area contributed by atoms with Gasteiger partial charge in [0.15, 0.2) is 0 Å². The molecule has 0 radical (unpaired) electrons. The first-order valence-corrected chi connectivity index (χ1v) is 7.20. The molecule has 0 saturated heterocycles. The largest absolute Gasteiger partial charge is 0.465 e. The zero-order valence-electron chi connectivity index (χ0n) is 11.1. The second kappa shape index (κ2) is 7.03. The summed E-state index contributed by atoms with van der Waals surface area (Å²) < 4.78 is 4.68. The molecule has 0 aliphatic rings. The number of nitrogens with one attached hydrogen (secondary N) is 1. The Morgan fingerprint density at radius 1 is 1.10 bits per heavy atom. The number of anilines is 1. The number of halogens is 3. The van der Waals surface area contributed by atoms with Gasteiger partial charge in [0.1, 0.15) is 0 Å². The van der Waals surface area contributed by atoms with Gasteiger partial charge in [-0.3, -0.25) is 0 Å². The van der Waals surface area contributed by atoms with Gasteiger partial charge in [-0.15, -0.1) is 0 Å². The van der Waals surface area contributed by atoms with Crippen LogP contribution in [0, 0.1) is 0 Å². The summed E-state index contributed by atoms with van der Waals surface area (Å²) in [5.41, 5.74) is 1.95. The zero-order valence-corrected chi connectivity index (χ0v) is 13.4. The summed E-state index contributed by atoms with van der Waals surface area (Å²) in [6.45, 7) is 0.498. The van der Waals surface area contributed by atoms with E-state index in [4.69, 9.17) is 34.8 Å². The molecule has 0 aromatic heterocycles. The molecule has 0 aliphatic heterocycles. The molecular formula is C15H12Cl3NO2. The van der Waals surface area contributed by atoms with Gasteiger partial charge in [-0.1, -0.05) is 40.9 Å².